The Bertz CT molecular complexity index is 1210. The number of benzene rings is 2. The molecule has 0 saturated carbocycles. The number of aromatic nitrogens is 3. The van der Waals surface area contributed by atoms with Gasteiger partial charge in [-0.25, -0.2) is 9.97 Å². The Balaban J connectivity index is 1.98. The van der Waals surface area contributed by atoms with Crippen molar-refractivity contribution in [1.29, 1.82) is 0 Å². The fourth-order valence-electron chi connectivity index (χ4n) is 3.40. The third-order valence-corrected chi connectivity index (χ3v) is 5.64. The van der Waals surface area contributed by atoms with Crippen molar-refractivity contribution in [2.75, 3.05) is 56.9 Å². The molecule has 1 aromatic heterocycles. The molecule has 0 unspecified atom stereocenters. The van der Waals surface area contributed by atoms with E-state index >= 15 is 0 Å². The summed E-state index contributed by atoms with van der Waals surface area (Å²) in [7, 11) is 7.60. The minimum atomic E-state index is -0.305. The average Bonchev–Trinajstić information content (AvgIpc) is 2.84. The van der Waals surface area contributed by atoms with Crippen molar-refractivity contribution in [3.8, 4) is 17.1 Å². The Labute approximate surface area is 206 Å². The number of aryl methyl sites for hydroxylation is 2. The number of ether oxygens (including phenoxy) is 1. The van der Waals surface area contributed by atoms with Gasteiger partial charge in [0.15, 0.2) is 5.82 Å². The Morgan fingerprint density at radius 3 is 2.49 bits per heavy atom. The molecular weight excluding hydrogens is 442 g/mol. The summed E-state index contributed by atoms with van der Waals surface area (Å²) < 4.78 is 5.66. The number of hydrogen-bond donors (Lipinski definition) is 2. The Hall–Kier alpha value is -3.98. The van der Waals surface area contributed by atoms with E-state index in [-0.39, 0.29) is 5.91 Å². The highest BCUT2D eigenvalue weighted by Gasteiger charge is 2.17. The fraction of sp³-hybridized carbons (Fsp3) is 0.308. The van der Waals surface area contributed by atoms with Crippen LogP contribution < -0.4 is 20.3 Å². The van der Waals surface area contributed by atoms with Gasteiger partial charge in [0.2, 0.25) is 11.9 Å². The van der Waals surface area contributed by atoms with Crippen molar-refractivity contribution < 1.29 is 9.53 Å². The molecule has 0 aliphatic heterocycles. The summed E-state index contributed by atoms with van der Waals surface area (Å²) in [6, 6.07) is 9.77. The molecule has 184 valence electrons. The smallest absolute Gasteiger partial charge is 0.247 e. The molecular formula is C26H33N7O2. The maximum Gasteiger partial charge on any atom is 0.247 e. The maximum absolute atomic E-state index is 12.2. The SMILES string of the molecule is C=CC(=O)Nc1cc(Nc2ncnc(-c3ccc(C)c(C)c3)n2)c(OC)cc1N(C)CCN(C)C. The predicted octanol–water partition coefficient (Wildman–Crippen LogP) is 4.03. The van der Waals surface area contributed by atoms with E-state index in [1.165, 1.54) is 18.0 Å². The molecule has 1 heterocycles. The molecule has 0 atom stereocenters. The molecule has 9 nitrogen and oxygen atoms in total. The quantitative estimate of drug-likeness (QED) is 0.425. The number of rotatable bonds is 10. The van der Waals surface area contributed by atoms with Crippen molar-refractivity contribution in [3.63, 3.8) is 0 Å². The second-order valence-corrected chi connectivity index (χ2v) is 8.54. The van der Waals surface area contributed by atoms with Crippen LogP contribution in [-0.4, -0.2) is 67.1 Å². The van der Waals surface area contributed by atoms with Crippen LogP contribution in [0.4, 0.5) is 23.0 Å². The highest BCUT2D eigenvalue weighted by atomic mass is 16.5. The third kappa shape index (κ3) is 6.54. The van der Waals surface area contributed by atoms with Crippen LogP contribution in [0.25, 0.3) is 11.4 Å². The van der Waals surface area contributed by atoms with Crippen LogP contribution >= 0.6 is 0 Å². The zero-order chi connectivity index (χ0) is 25.5. The van der Waals surface area contributed by atoms with Crippen LogP contribution in [0.2, 0.25) is 0 Å². The number of nitrogens with zero attached hydrogens (tertiary/aromatic N) is 5. The van der Waals surface area contributed by atoms with E-state index in [0.717, 1.165) is 29.9 Å². The highest BCUT2D eigenvalue weighted by molar-refractivity contribution is 6.02. The molecule has 0 radical (unpaired) electrons. The van der Waals surface area contributed by atoms with E-state index in [9.17, 15) is 4.79 Å². The van der Waals surface area contributed by atoms with Crippen LogP contribution in [0, 0.1) is 13.8 Å². The molecule has 1 amide bonds. The number of likely N-dealkylation sites (N-methyl/N-ethyl adjacent to an activating group) is 2. The molecule has 0 bridgehead atoms. The lowest BCUT2D eigenvalue weighted by Gasteiger charge is -2.26. The number of methoxy groups -OCH3 is 1. The highest BCUT2D eigenvalue weighted by Crippen LogP contribution is 2.38. The topological polar surface area (TPSA) is 95.5 Å². The van der Waals surface area contributed by atoms with Crippen molar-refractivity contribution >= 4 is 28.9 Å². The third-order valence-electron chi connectivity index (χ3n) is 5.64. The molecule has 3 rings (SSSR count). The summed E-state index contributed by atoms with van der Waals surface area (Å²) in [5.41, 5.74) is 5.31. The lowest BCUT2D eigenvalue weighted by atomic mass is 10.1. The average molecular weight is 476 g/mol. The zero-order valence-electron chi connectivity index (χ0n) is 21.2. The zero-order valence-corrected chi connectivity index (χ0v) is 21.2. The summed E-state index contributed by atoms with van der Waals surface area (Å²) >= 11 is 0. The van der Waals surface area contributed by atoms with Crippen LogP contribution in [-0.2, 0) is 4.79 Å². The van der Waals surface area contributed by atoms with E-state index in [1.54, 1.807) is 13.2 Å². The minimum absolute atomic E-state index is 0.305. The van der Waals surface area contributed by atoms with Gasteiger partial charge >= 0.3 is 0 Å². The Kier molecular flexibility index (Phi) is 8.38. The Morgan fingerprint density at radius 2 is 1.83 bits per heavy atom. The Morgan fingerprint density at radius 1 is 1.06 bits per heavy atom. The van der Waals surface area contributed by atoms with Gasteiger partial charge in [-0.15, -0.1) is 0 Å². The lowest BCUT2D eigenvalue weighted by Crippen LogP contribution is -2.29. The monoisotopic (exact) mass is 475 g/mol. The molecule has 0 saturated heterocycles. The number of carbonyl (C=O) groups excluding carboxylic acids is 1. The summed E-state index contributed by atoms with van der Waals surface area (Å²) in [6.07, 6.45) is 2.71. The molecule has 0 fully saturated rings. The van der Waals surface area contributed by atoms with Gasteiger partial charge in [0.1, 0.15) is 12.1 Å². The largest absolute Gasteiger partial charge is 0.494 e. The van der Waals surface area contributed by atoms with Crippen LogP contribution in [0.1, 0.15) is 11.1 Å². The van der Waals surface area contributed by atoms with E-state index in [1.807, 2.05) is 39.3 Å². The van der Waals surface area contributed by atoms with Crippen molar-refractivity contribution in [2.45, 2.75) is 13.8 Å². The second kappa shape index (κ2) is 11.4. The molecule has 35 heavy (non-hydrogen) atoms. The number of anilines is 4. The normalized spacial score (nSPS) is 10.7. The first kappa shape index (κ1) is 25.6. The van der Waals surface area contributed by atoms with Gasteiger partial charge in [0, 0.05) is 31.8 Å². The molecule has 0 spiro atoms. The van der Waals surface area contributed by atoms with Gasteiger partial charge in [-0.3, -0.25) is 4.79 Å². The molecule has 2 N–H and O–H groups in total. The first-order valence-corrected chi connectivity index (χ1v) is 11.3. The van der Waals surface area contributed by atoms with Crippen molar-refractivity contribution in [1.82, 2.24) is 19.9 Å². The number of nitrogens with one attached hydrogen (secondary N) is 2. The first-order valence-electron chi connectivity index (χ1n) is 11.3. The number of hydrogen-bond acceptors (Lipinski definition) is 8. The van der Waals surface area contributed by atoms with Crippen molar-refractivity contribution in [3.05, 3.63) is 60.4 Å². The first-order chi connectivity index (χ1) is 16.7. The molecule has 9 heteroatoms. The fourth-order valence-corrected chi connectivity index (χ4v) is 3.40. The maximum atomic E-state index is 12.2. The van der Waals surface area contributed by atoms with E-state index in [4.69, 9.17) is 4.74 Å². The minimum Gasteiger partial charge on any atom is -0.494 e. The van der Waals surface area contributed by atoms with Gasteiger partial charge in [0.05, 0.1) is 24.2 Å². The van der Waals surface area contributed by atoms with Gasteiger partial charge in [-0.05, 0) is 57.3 Å². The second-order valence-electron chi connectivity index (χ2n) is 8.54. The summed E-state index contributed by atoms with van der Waals surface area (Å²) in [6.45, 7) is 9.29. The van der Waals surface area contributed by atoms with Gasteiger partial charge in [0.25, 0.3) is 0 Å². The van der Waals surface area contributed by atoms with Gasteiger partial charge < -0.3 is 25.2 Å². The summed E-state index contributed by atoms with van der Waals surface area (Å²) in [4.78, 5) is 29.5. The van der Waals surface area contributed by atoms with Gasteiger partial charge in [-0.2, -0.15) is 4.98 Å². The molecule has 2 aromatic carbocycles. The van der Waals surface area contributed by atoms with E-state index in [2.05, 4.69) is 61.9 Å². The van der Waals surface area contributed by atoms with Crippen molar-refractivity contribution in [2.24, 2.45) is 0 Å². The number of amides is 1. The molecule has 0 aliphatic carbocycles. The van der Waals surface area contributed by atoms with Crippen LogP contribution in [0.15, 0.2) is 49.3 Å². The van der Waals surface area contributed by atoms with Crippen LogP contribution in [0.3, 0.4) is 0 Å². The standard InChI is InChI=1S/C26H33N7O2/c1-8-24(34)29-20-14-21(23(35-7)15-22(20)33(6)12-11-32(4)5)30-26-28-16-27-25(31-26)19-10-9-17(2)18(3)13-19/h8-10,13-16H,1,11-12H2,2-7H3,(H,29,34)(H,27,28,30,31). The van der Waals surface area contributed by atoms with E-state index in [0.29, 0.717) is 28.9 Å². The summed E-state index contributed by atoms with van der Waals surface area (Å²) in [5, 5.41) is 6.11. The molecule has 0 aliphatic rings. The van der Waals surface area contributed by atoms with E-state index < -0.39 is 0 Å². The predicted molar refractivity (Wildman–Crippen MR) is 142 cm³/mol. The van der Waals surface area contributed by atoms with Crippen LogP contribution in [0.5, 0.6) is 5.75 Å². The lowest BCUT2D eigenvalue weighted by molar-refractivity contribution is -0.111. The summed E-state index contributed by atoms with van der Waals surface area (Å²) in [5.74, 6) is 1.20. The molecule has 3 aromatic rings. The van der Waals surface area contributed by atoms with Gasteiger partial charge in [-0.1, -0.05) is 18.7 Å². The number of carbonyl (C=O) groups is 1.